The molecule has 1 atom stereocenters. The van der Waals surface area contributed by atoms with Gasteiger partial charge in [0.25, 0.3) is 0 Å². The van der Waals surface area contributed by atoms with E-state index in [9.17, 15) is 0 Å². The van der Waals surface area contributed by atoms with Gasteiger partial charge in [-0.15, -0.1) is 0 Å². The quantitative estimate of drug-likeness (QED) is 0.830. The number of rotatable bonds is 5. The van der Waals surface area contributed by atoms with Crippen molar-refractivity contribution in [2.45, 2.75) is 70.4 Å². The molecule has 0 spiro atoms. The molecule has 1 aromatic carbocycles. The smallest absolute Gasteiger partial charge is 0.231 e. The van der Waals surface area contributed by atoms with Crippen LogP contribution in [0.15, 0.2) is 18.2 Å². The molecule has 0 radical (unpaired) electrons. The largest absolute Gasteiger partial charge is 0.454 e. The Bertz CT molecular complexity index is 453. The number of aryl methyl sites for hydroxylation is 1. The summed E-state index contributed by atoms with van der Waals surface area (Å²) in [5, 5.41) is 3.83. The Labute approximate surface area is 128 Å². The predicted octanol–water partition coefficient (Wildman–Crippen LogP) is 4.05. The van der Waals surface area contributed by atoms with Gasteiger partial charge in [0.2, 0.25) is 6.79 Å². The predicted molar refractivity (Wildman–Crippen MR) is 85.0 cm³/mol. The number of ether oxygens (including phenoxy) is 2. The number of nitrogens with one attached hydrogen (secondary N) is 1. The van der Waals surface area contributed by atoms with Gasteiger partial charge in [0.05, 0.1) is 0 Å². The van der Waals surface area contributed by atoms with Crippen LogP contribution in [0.2, 0.25) is 0 Å². The lowest BCUT2D eigenvalue weighted by molar-refractivity contribution is 0.174. The highest BCUT2D eigenvalue weighted by atomic mass is 16.7. The summed E-state index contributed by atoms with van der Waals surface area (Å²) in [4.78, 5) is 0. The van der Waals surface area contributed by atoms with E-state index in [-0.39, 0.29) is 0 Å². The molecular weight excluding hydrogens is 262 g/mol. The molecule has 0 saturated heterocycles. The van der Waals surface area contributed by atoms with E-state index in [4.69, 9.17) is 9.47 Å². The van der Waals surface area contributed by atoms with Crippen LogP contribution in [0.25, 0.3) is 0 Å². The normalized spacial score (nSPS) is 20.2. The fourth-order valence-corrected chi connectivity index (χ4v) is 3.41. The third-order valence-corrected chi connectivity index (χ3v) is 4.68. The van der Waals surface area contributed by atoms with Crippen molar-refractivity contribution in [3.63, 3.8) is 0 Å². The summed E-state index contributed by atoms with van der Waals surface area (Å²) in [5.74, 6) is 1.78. The molecule has 21 heavy (non-hydrogen) atoms. The second-order valence-corrected chi connectivity index (χ2v) is 6.48. The Hall–Kier alpha value is -1.22. The van der Waals surface area contributed by atoms with E-state index >= 15 is 0 Å². The van der Waals surface area contributed by atoms with Gasteiger partial charge in [0.15, 0.2) is 11.5 Å². The first-order chi connectivity index (χ1) is 10.3. The average Bonchev–Trinajstić information content (AvgIpc) is 2.81. The van der Waals surface area contributed by atoms with Crippen molar-refractivity contribution in [1.29, 1.82) is 0 Å². The van der Waals surface area contributed by atoms with Gasteiger partial charge >= 0.3 is 0 Å². The van der Waals surface area contributed by atoms with E-state index < -0.39 is 0 Å². The molecular formula is C18H27NO2. The first-order valence-corrected chi connectivity index (χ1v) is 8.46. The summed E-state index contributed by atoms with van der Waals surface area (Å²) in [6.07, 6.45) is 10.6. The minimum Gasteiger partial charge on any atom is -0.454 e. The summed E-state index contributed by atoms with van der Waals surface area (Å²) < 4.78 is 10.8. The van der Waals surface area contributed by atoms with Crippen LogP contribution in [0.4, 0.5) is 0 Å². The van der Waals surface area contributed by atoms with Gasteiger partial charge in [0.1, 0.15) is 0 Å². The van der Waals surface area contributed by atoms with Crippen molar-refractivity contribution in [3.05, 3.63) is 23.8 Å². The lowest BCUT2D eigenvalue weighted by Crippen LogP contribution is -2.36. The maximum atomic E-state index is 5.44. The summed E-state index contributed by atoms with van der Waals surface area (Å²) in [5.41, 5.74) is 1.34. The zero-order valence-electron chi connectivity index (χ0n) is 13.1. The molecule has 0 bridgehead atoms. The van der Waals surface area contributed by atoms with Gasteiger partial charge in [-0.05, 0) is 50.3 Å². The van der Waals surface area contributed by atoms with Crippen molar-refractivity contribution in [2.24, 2.45) is 0 Å². The third-order valence-electron chi connectivity index (χ3n) is 4.68. The summed E-state index contributed by atoms with van der Waals surface area (Å²) >= 11 is 0. The maximum absolute atomic E-state index is 5.44. The van der Waals surface area contributed by atoms with Crippen molar-refractivity contribution in [1.82, 2.24) is 5.32 Å². The zero-order valence-corrected chi connectivity index (χ0v) is 13.1. The molecule has 1 aliphatic heterocycles. The number of benzene rings is 1. The molecule has 1 unspecified atom stereocenters. The van der Waals surface area contributed by atoms with Crippen LogP contribution in [-0.4, -0.2) is 18.9 Å². The molecule has 1 fully saturated rings. The zero-order chi connectivity index (χ0) is 14.5. The minimum absolute atomic E-state index is 0.360. The number of fused-ring (bicyclic) bond motifs is 1. The highest BCUT2D eigenvalue weighted by Crippen LogP contribution is 2.32. The molecule has 1 aromatic rings. The molecule has 1 saturated carbocycles. The Morgan fingerprint density at radius 1 is 1.10 bits per heavy atom. The fraction of sp³-hybridized carbons (Fsp3) is 0.667. The van der Waals surface area contributed by atoms with E-state index in [0.717, 1.165) is 24.0 Å². The van der Waals surface area contributed by atoms with Gasteiger partial charge in [-0.1, -0.05) is 31.7 Å². The molecule has 2 aliphatic rings. The fourth-order valence-electron chi connectivity index (χ4n) is 3.41. The van der Waals surface area contributed by atoms with E-state index in [0.29, 0.717) is 12.8 Å². The van der Waals surface area contributed by atoms with E-state index in [1.165, 1.54) is 50.5 Å². The second-order valence-electron chi connectivity index (χ2n) is 6.48. The van der Waals surface area contributed by atoms with Crippen LogP contribution in [0.1, 0.15) is 57.4 Å². The molecule has 0 amide bonds. The molecule has 0 aromatic heterocycles. The minimum atomic E-state index is 0.360. The van der Waals surface area contributed by atoms with Gasteiger partial charge < -0.3 is 14.8 Å². The van der Waals surface area contributed by atoms with Crippen LogP contribution in [-0.2, 0) is 6.42 Å². The van der Waals surface area contributed by atoms with E-state index in [2.05, 4.69) is 24.4 Å². The Morgan fingerprint density at radius 3 is 2.67 bits per heavy atom. The standard InChI is InChI=1S/C18H27NO2/c1-14(19-16-6-4-2-3-5-7-16)8-9-15-10-11-17-18(12-15)21-13-20-17/h10-12,14,16,19H,2-9,13H2,1H3. The van der Waals surface area contributed by atoms with Gasteiger partial charge in [0, 0.05) is 12.1 Å². The average molecular weight is 289 g/mol. The molecule has 116 valence electrons. The second kappa shape index (κ2) is 7.17. The van der Waals surface area contributed by atoms with E-state index in [1.807, 2.05) is 6.07 Å². The van der Waals surface area contributed by atoms with Gasteiger partial charge in [-0.2, -0.15) is 0 Å². The lowest BCUT2D eigenvalue weighted by atomic mass is 10.0. The Balaban J connectivity index is 1.45. The van der Waals surface area contributed by atoms with Crippen molar-refractivity contribution >= 4 is 0 Å². The van der Waals surface area contributed by atoms with Gasteiger partial charge in [-0.3, -0.25) is 0 Å². The molecule has 1 N–H and O–H groups in total. The molecule has 3 rings (SSSR count). The molecule has 3 heteroatoms. The van der Waals surface area contributed by atoms with Crippen LogP contribution >= 0.6 is 0 Å². The topological polar surface area (TPSA) is 30.5 Å². The van der Waals surface area contributed by atoms with Crippen molar-refractivity contribution in [2.75, 3.05) is 6.79 Å². The maximum Gasteiger partial charge on any atom is 0.231 e. The van der Waals surface area contributed by atoms with Gasteiger partial charge in [-0.25, -0.2) is 0 Å². The van der Waals surface area contributed by atoms with Crippen molar-refractivity contribution < 1.29 is 9.47 Å². The lowest BCUT2D eigenvalue weighted by Gasteiger charge is -2.22. The summed E-state index contributed by atoms with van der Waals surface area (Å²) in [7, 11) is 0. The monoisotopic (exact) mass is 289 g/mol. The first-order valence-electron chi connectivity index (χ1n) is 8.46. The summed E-state index contributed by atoms with van der Waals surface area (Å²) in [6, 6.07) is 7.63. The van der Waals surface area contributed by atoms with Crippen LogP contribution in [0.3, 0.4) is 0 Å². The molecule has 3 nitrogen and oxygen atoms in total. The van der Waals surface area contributed by atoms with Crippen LogP contribution < -0.4 is 14.8 Å². The van der Waals surface area contributed by atoms with Crippen LogP contribution in [0, 0.1) is 0 Å². The summed E-state index contributed by atoms with van der Waals surface area (Å²) in [6.45, 7) is 2.68. The molecule has 1 heterocycles. The highest BCUT2D eigenvalue weighted by molar-refractivity contribution is 5.44. The molecule has 1 aliphatic carbocycles. The SMILES string of the molecule is CC(CCc1ccc2c(c1)OCO2)NC1CCCCCC1. The number of hydrogen-bond acceptors (Lipinski definition) is 3. The van der Waals surface area contributed by atoms with E-state index in [1.54, 1.807) is 0 Å². The highest BCUT2D eigenvalue weighted by Gasteiger charge is 2.16. The third kappa shape index (κ3) is 4.13. The Kier molecular flexibility index (Phi) is 5.02. The number of hydrogen-bond donors (Lipinski definition) is 1. The first kappa shape index (κ1) is 14.7. The van der Waals surface area contributed by atoms with Crippen LogP contribution in [0.5, 0.6) is 11.5 Å². The Morgan fingerprint density at radius 2 is 1.86 bits per heavy atom. The van der Waals surface area contributed by atoms with Crippen molar-refractivity contribution in [3.8, 4) is 11.5 Å².